The molecule has 2 saturated heterocycles. The summed E-state index contributed by atoms with van der Waals surface area (Å²) in [5.41, 5.74) is 0.877. The third-order valence-corrected chi connectivity index (χ3v) is 7.78. The molecule has 0 radical (unpaired) electrons. The van der Waals surface area contributed by atoms with Crippen LogP contribution in [0.1, 0.15) is 18.4 Å². The maximum absolute atomic E-state index is 14.6. The molecule has 1 amide bonds. The van der Waals surface area contributed by atoms with Gasteiger partial charge in [0, 0.05) is 32.3 Å². The van der Waals surface area contributed by atoms with Crippen molar-refractivity contribution in [1.82, 2.24) is 9.21 Å². The molecule has 178 valence electrons. The molecular formula is C23H27FN2O6S. The van der Waals surface area contributed by atoms with Crippen molar-refractivity contribution in [3.8, 4) is 5.75 Å². The van der Waals surface area contributed by atoms with Gasteiger partial charge in [-0.1, -0.05) is 30.3 Å². The number of halogens is 1. The van der Waals surface area contributed by atoms with Crippen LogP contribution in [0, 0.1) is 5.82 Å². The smallest absolute Gasteiger partial charge is 0.410 e. The van der Waals surface area contributed by atoms with Crippen LogP contribution in [0.4, 0.5) is 9.18 Å². The summed E-state index contributed by atoms with van der Waals surface area (Å²) >= 11 is 0. The standard InChI is InChI=1S/C23H27FN2O6S/c1-30-11-12-31-23(27)26-18-7-8-19(26)15-25(14-18)33(28,29)20-9-10-22(21(24)13-20)32-16-17-5-3-2-4-6-17/h2-6,9-10,13,18-19H,7-8,11-12,14-16H2,1H3/t18-,19?/m1/s1. The Bertz CT molecular complexity index is 1070. The van der Waals surface area contributed by atoms with E-state index in [1.165, 1.54) is 23.5 Å². The number of benzene rings is 2. The van der Waals surface area contributed by atoms with Crippen LogP contribution in [-0.2, 0) is 26.1 Å². The first kappa shape index (κ1) is 23.5. The molecule has 2 fully saturated rings. The summed E-state index contributed by atoms with van der Waals surface area (Å²) in [5, 5.41) is 0. The molecular weight excluding hydrogens is 451 g/mol. The molecule has 8 nitrogen and oxygen atoms in total. The second kappa shape index (κ2) is 10.1. The first-order valence-electron chi connectivity index (χ1n) is 10.8. The van der Waals surface area contributed by atoms with Crippen LogP contribution in [0.5, 0.6) is 5.75 Å². The van der Waals surface area contributed by atoms with Crippen LogP contribution in [0.2, 0.25) is 0 Å². The molecule has 2 aromatic rings. The summed E-state index contributed by atoms with van der Waals surface area (Å²) in [5.74, 6) is -0.753. The molecule has 2 heterocycles. The maximum atomic E-state index is 14.6. The zero-order valence-corrected chi connectivity index (χ0v) is 19.2. The molecule has 0 saturated carbocycles. The highest BCUT2D eigenvalue weighted by Crippen LogP contribution is 2.34. The van der Waals surface area contributed by atoms with Crippen molar-refractivity contribution in [2.75, 3.05) is 33.4 Å². The topological polar surface area (TPSA) is 85.4 Å². The number of methoxy groups -OCH3 is 1. The van der Waals surface area contributed by atoms with Gasteiger partial charge in [0.1, 0.15) is 13.2 Å². The zero-order chi connectivity index (χ0) is 23.4. The highest BCUT2D eigenvalue weighted by atomic mass is 32.2. The lowest BCUT2D eigenvalue weighted by Gasteiger charge is -2.39. The van der Waals surface area contributed by atoms with Crippen molar-refractivity contribution >= 4 is 16.1 Å². The Morgan fingerprint density at radius 3 is 2.39 bits per heavy atom. The van der Waals surface area contributed by atoms with Crippen LogP contribution in [0.3, 0.4) is 0 Å². The molecule has 0 aliphatic carbocycles. The van der Waals surface area contributed by atoms with Crippen molar-refractivity contribution in [2.24, 2.45) is 0 Å². The first-order valence-corrected chi connectivity index (χ1v) is 12.2. The van der Waals surface area contributed by atoms with Crippen LogP contribution in [-0.4, -0.2) is 69.2 Å². The number of sulfonamides is 1. The first-order chi connectivity index (χ1) is 15.9. The summed E-state index contributed by atoms with van der Waals surface area (Å²) in [6.07, 6.45) is 0.926. The normalized spacial score (nSPS) is 20.6. The van der Waals surface area contributed by atoms with Gasteiger partial charge in [-0.15, -0.1) is 0 Å². The van der Waals surface area contributed by atoms with Crippen molar-refractivity contribution in [3.63, 3.8) is 0 Å². The highest BCUT2D eigenvalue weighted by molar-refractivity contribution is 7.89. The number of carbonyl (C=O) groups excluding carboxylic acids is 1. The predicted octanol–water partition coefficient (Wildman–Crippen LogP) is 3.03. The fourth-order valence-electron chi connectivity index (χ4n) is 4.29. The number of fused-ring (bicyclic) bond motifs is 2. The summed E-state index contributed by atoms with van der Waals surface area (Å²) < 4.78 is 58.0. The van der Waals surface area contributed by atoms with Crippen molar-refractivity contribution in [3.05, 3.63) is 59.9 Å². The van der Waals surface area contributed by atoms with E-state index >= 15 is 0 Å². The van der Waals surface area contributed by atoms with E-state index in [-0.39, 0.29) is 49.0 Å². The Balaban J connectivity index is 1.42. The van der Waals surface area contributed by atoms with Crippen molar-refractivity contribution in [1.29, 1.82) is 0 Å². The molecule has 1 unspecified atom stereocenters. The number of ether oxygens (including phenoxy) is 3. The average molecular weight is 479 g/mol. The summed E-state index contributed by atoms with van der Waals surface area (Å²) in [7, 11) is -2.41. The third kappa shape index (κ3) is 5.13. The monoisotopic (exact) mass is 478 g/mol. The van der Waals surface area contributed by atoms with Crippen LogP contribution < -0.4 is 4.74 Å². The quantitative estimate of drug-likeness (QED) is 0.543. The van der Waals surface area contributed by atoms with Crippen LogP contribution >= 0.6 is 0 Å². The largest absolute Gasteiger partial charge is 0.486 e. The summed E-state index contributed by atoms with van der Waals surface area (Å²) in [6, 6.07) is 12.4. The number of amides is 1. The Hall–Kier alpha value is -2.69. The second-order valence-electron chi connectivity index (χ2n) is 8.09. The number of carbonyl (C=O) groups is 1. The van der Waals surface area contributed by atoms with Gasteiger partial charge in [-0.3, -0.25) is 4.90 Å². The molecule has 2 aliphatic heterocycles. The van der Waals surface area contributed by atoms with E-state index in [0.29, 0.717) is 19.4 Å². The van der Waals surface area contributed by atoms with Gasteiger partial charge >= 0.3 is 6.09 Å². The Labute approximate surface area is 192 Å². The van der Waals surface area contributed by atoms with E-state index in [4.69, 9.17) is 14.2 Å². The zero-order valence-electron chi connectivity index (χ0n) is 18.4. The van der Waals surface area contributed by atoms with Crippen molar-refractivity contribution < 1.29 is 31.8 Å². The molecule has 2 bridgehead atoms. The molecule has 33 heavy (non-hydrogen) atoms. The van der Waals surface area contributed by atoms with Crippen molar-refractivity contribution in [2.45, 2.75) is 36.4 Å². The fourth-order valence-corrected chi connectivity index (χ4v) is 5.82. The lowest BCUT2D eigenvalue weighted by molar-refractivity contribution is 0.0436. The summed E-state index contributed by atoms with van der Waals surface area (Å²) in [6.45, 7) is 0.908. The van der Waals surface area contributed by atoms with Gasteiger partial charge in [-0.2, -0.15) is 4.31 Å². The molecule has 2 atom stereocenters. The van der Waals surface area contributed by atoms with E-state index < -0.39 is 21.9 Å². The third-order valence-electron chi connectivity index (χ3n) is 5.95. The van der Waals surface area contributed by atoms with Gasteiger partial charge in [0.15, 0.2) is 11.6 Å². The van der Waals surface area contributed by atoms with Gasteiger partial charge < -0.3 is 14.2 Å². The van der Waals surface area contributed by atoms with E-state index in [1.54, 1.807) is 4.90 Å². The molecule has 0 aromatic heterocycles. The maximum Gasteiger partial charge on any atom is 0.410 e. The summed E-state index contributed by atoms with van der Waals surface area (Å²) in [4.78, 5) is 13.9. The van der Waals surface area contributed by atoms with E-state index in [1.807, 2.05) is 30.3 Å². The Kier molecular flexibility index (Phi) is 7.16. The minimum atomic E-state index is -3.93. The highest BCUT2D eigenvalue weighted by Gasteiger charge is 2.46. The molecule has 4 rings (SSSR count). The van der Waals surface area contributed by atoms with Gasteiger partial charge in [0.25, 0.3) is 0 Å². The molecule has 0 spiro atoms. The predicted molar refractivity (Wildman–Crippen MR) is 118 cm³/mol. The molecule has 10 heteroatoms. The lowest BCUT2D eigenvalue weighted by atomic mass is 10.2. The minimum Gasteiger partial charge on any atom is -0.486 e. The van der Waals surface area contributed by atoms with E-state index in [9.17, 15) is 17.6 Å². The second-order valence-corrected chi connectivity index (χ2v) is 10.0. The number of nitrogens with zero attached hydrogens (tertiary/aromatic N) is 2. The van der Waals surface area contributed by atoms with E-state index in [0.717, 1.165) is 11.6 Å². The number of rotatable bonds is 8. The molecule has 0 N–H and O–H groups in total. The van der Waals surface area contributed by atoms with Gasteiger partial charge in [-0.25, -0.2) is 17.6 Å². The number of hydrogen-bond acceptors (Lipinski definition) is 6. The Morgan fingerprint density at radius 1 is 1.06 bits per heavy atom. The average Bonchev–Trinajstić information content (AvgIpc) is 3.08. The molecule has 2 aliphatic rings. The number of hydrogen-bond donors (Lipinski definition) is 0. The van der Waals surface area contributed by atoms with Gasteiger partial charge in [0.2, 0.25) is 10.0 Å². The van der Waals surface area contributed by atoms with E-state index in [2.05, 4.69) is 0 Å². The van der Waals surface area contributed by atoms with Crippen LogP contribution in [0.15, 0.2) is 53.4 Å². The SMILES string of the molecule is COCCOC(=O)N1C2CC[C@@H]1CN(S(=O)(=O)c1ccc(OCc3ccccc3)c(F)c1)C2. The molecule has 2 aromatic carbocycles. The fraction of sp³-hybridized carbons (Fsp3) is 0.435. The Morgan fingerprint density at radius 2 is 1.76 bits per heavy atom. The minimum absolute atomic E-state index is 0.0125. The number of piperazine rings is 1. The van der Waals surface area contributed by atoms with Crippen LogP contribution in [0.25, 0.3) is 0 Å². The van der Waals surface area contributed by atoms with Gasteiger partial charge in [0.05, 0.1) is 11.5 Å². The van der Waals surface area contributed by atoms with Gasteiger partial charge in [-0.05, 0) is 36.6 Å². The lowest BCUT2D eigenvalue weighted by Crippen LogP contribution is -2.57.